The van der Waals surface area contributed by atoms with E-state index in [2.05, 4.69) is 10.7 Å². The van der Waals surface area contributed by atoms with Gasteiger partial charge in [-0.25, -0.2) is 14.6 Å². The first-order valence-corrected chi connectivity index (χ1v) is 11.5. The minimum atomic E-state index is -4.95. The Labute approximate surface area is 204 Å². The Hall–Kier alpha value is -2.74. The lowest BCUT2D eigenvalue weighted by atomic mass is 9.91. The molecular weight excluding hydrogens is 496 g/mol. The third-order valence-electron chi connectivity index (χ3n) is 6.36. The van der Waals surface area contributed by atoms with E-state index in [1.807, 2.05) is 5.01 Å². The predicted octanol–water partition coefficient (Wildman–Crippen LogP) is 3.98. The summed E-state index contributed by atoms with van der Waals surface area (Å²) >= 11 is 0. The van der Waals surface area contributed by atoms with Crippen molar-refractivity contribution < 1.29 is 41.0 Å². The second-order valence-corrected chi connectivity index (χ2v) is 9.15. The molecule has 0 atom stereocenters. The molecule has 1 saturated heterocycles. The number of rotatable bonds is 5. The second-order valence-electron chi connectivity index (χ2n) is 9.15. The Morgan fingerprint density at radius 1 is 0.917 bits per heavy atom. The lowest BCUT2D eigenvalue weighted by Crippen LogP contribution is -2.58. The molecule has 1 saturated carbocycles. The van der Waals surface area contributed by atoms with Crippen LogP contribution >= 0.6 is 0 Å². The van der Waals surface area contributed by atoms with Gasteiger partial charge in [-0.1, -0.05) is 0 Å². The first-order chi connectivity index (χ1) is 16.7. The maximum absolute atomic E-state index is 13.1. The summed E-state index contributed by atoms with van der Waals surface area (Å²) in [6.07, 6.45) is -7.90. The zero-order valence-corrected chi connectivity index (χ0v) is 19.6. The number of halogens is 6. The first kappa shape index (κ1) is 27.8. The number of nitrogens with one attached hydrogen (secondary N) is 2. The van der Waals surface area contributed by atoms with Gasteiger partial charge >= 0.3 is 24.5 Å². The van der Waals surface area contributed by atoms with Crippen LogP contribution in [0.1, 0.15) is 42.4 Å². The van der Waals surface area contributed by atoms with Gasteiger partial charge in [-0.2, -0.15) is 26.3 Å². The monoisotopic (exact) mass is 525 g/mol. The van der Waals surface area contributed by atoms with Crippen LogP contribution in [0.25, 0.3) is 0 Å². The van der Waals surface area contributed by atoms with Gasteiger partial charge in [0.15, 0.2) is 0 Å². The van der Waals surface area contributed by atoms with Crippen molar-refractivity contribution in [2.45, 2.75) is 56.7 Å². The molecule has 1 aliphatic carbocycles. The van der Waals surface area contributed by atoms with Crippen LogP contribution in [0.5, 0.6) is 0 Å². The number of carbonyl (C=O) groups is 2. The van der Waals surface area contributed by atoms with Gasteiger partial charge in [0, 0.05) is 51.9 Å². The maximum Gasteiger partial charge on any atom is 0.416 e. The van der Waals surface area contributed by atoms with Crippen molar-refractivity contribution in [3.8, 4) is 0 Å². The highest BCUT2D eigenvalue weighted by Gasteiger charge is 2.37. The molecule has 8 nitrogen and oxygen atoms in total. The van der Waals surface area contributed by atoms with Gasteiger partial charge in [-0.15, -0.1) is 0 Å². The predicted molar refractivity (Wildman–Crippen MR) is 117 cm³/mol. The molecule has 1 aliphatic heterocycles. The van der Waals surface area contributed by atoms with Crippen LogP contribution in [0.3, 0.4) is 0 Å². The highest BCUT2D eigenvalue weighted by molar-refractivity contribution is 5.74. The highest BCUT2D eigenvalue weighted by atomic mass is 19.4. The molecule has 0 aromatic heterocycles. The minimum absolute atomic E-state index is 0.0606. The standard InChI is InChI=1S/C22H29F6N5O3/c1-31(13-14-10-15(21(23,24)25)12-16(11-14)22(26,27)28)20(36)32-6-8-33(9-7-32)30-18-4-2-17(3-5-18)29-19(34)35/h10-12,17-18,29-30H,2-9,13H2,1H3,(H,34,35). The fraction of sp³-hybridized carbons (Fsp3) is 0.636. The van der Waals surface area contributed by atoms with Gasteiger partial charge < -0.3 is 20.2 Å². The lowest BCUT2D eigenvalue weighted by molar-refractivity contribution is -0.143. The lowest BCUT2D eigenvalue weighted by Gasteiger charge is -2.39. The Balaban J connectivity index is 1.52. The van der Waals surface area contributed by atoms with E-state index in [0.29, 0.717) is 38.3 Å². The molecule has 14 heteroatoms. The Morgan fingerprint density at radius 3 is 1.89 bits per heavy atom. The second kappa shape index (κ2) is 11.1. The first-order valence-electron chi connectivity index (χ1n) is 11.5. The van der Waals surface area contributed by atoms with Crippen LogP contribution in [0.15, 0.2) is 18.2 Å². The smallest absolute Gasteiger partial charge is 0.416 e. The number of carboxylic acid groups (broad SMARTS) is 1. The van der Waals surface area contributed by atoms with Crippen LogP contribution in [-0.4, -0.2) is 77.3 Å². The largest absolute Gasteiger partial charge is 0.465 e. The van der Waals surface area contributed by atoms with Crippen molar-refractivity contribution in [2.24, 2.45) is 0 Å². The van der Waals surface area contributed by atoms with Crippen molar-refractivity contribution in [2.75, 3.05) is 33.2 Å². The summed E-state index contributed by atoms with van der Waals surface area (Å²) in [5.41, 5.74) is 0.300. The van der Waals surface area contributed by atoms with Gasteiger partial charge in [0.1, 0.15) is 0 Å². The van der Waals surface area contributed by atoms with E-state index in [4.69, 9.17) is 5.11 Å². The molecule has 0 radical (unpaired) electrons. The number of piperazine rings is 1. The number of alkyl halides is 6. The molecule has 0 bridgehead atoms. The van der Waals surface area contributed by atoms with Gasteiger partial charge in [-0.05, 0) is 49.4 Å². The average Bonchev–Trinajstić information content (AvgIpc) is 2.78. The average molecular weight is 525 g/mol. The van der Waals surface area contributed by atoms with Crippen molar-refractivity contribution in [3.63, 3.8) is 0 Å². The zero-order chi connectivity index (χ0) is 26.7. The van der Waals surface area contributed by atoms with Crippen LogP contribution in [-0.2, 0) is 18.9 Å². The number of hydrogen-bond acceptors (Lipinski definition) is 4. The van der Waals surface area contributed by atoms with Crippen LogP contribution < -0.4 is 10.7 Å². The summed E-state index contributed by atoms with van der Waals surface area (Å²) in [6.45, 7) is 1.26. The Morgan fingerprint density at radius 2 is 1.42 bits per heavy atom. The third-order valence-corrected chi connectivity index (χ3v) is 6.36. The Kier molecular flexibility index (Phi) is 8.59. The summed E-state index contributed by atoms with van der Waals surface area (Å²) in [5.74, 6) is 0. The van der Waals surface area contributed by atoms with E-state index in [-0.39, 0.29) is 23.7 Å². The number of urea groups is 1. The van der Waals surface area contributed by atoms with Gasteiger partial charge in [0.2, 0.25) is 0 Å². The van der Waals surface area contributed by atoms with E-state index >= 15 is 0 Å². The molecule has 0 spiro atoms. The molecule has 1 heterocycles. The molecule has 3 rings (SSSR count). The molecule has 1 aromatic carbocycles. The topological polar surface area (TPSA) is 88.2 Å². The SMILES string of the molecule is CN(Cc1cc(C(F)(F)F)cc(C(F)(F)F)c1)C(=O)N1CCN(NC2CCC(NC(=O)O)CC2)CC1. The molecule has 2 aliphatic rings. The zero-order valence-electron chi connectivity index (χ0n) is 19.6. The number of nitrogens with zero attached hydrogens (tertiary/aromatic N) is 3. The molecular formula is C22H29F6N5O3. The fourth-order valence-electron chi connectivity index (χ4n) is 4.52. The maximum atomic E-state index is 13.1. The molecule has 3 amide bonds. The van der Waals surface area contributed by atoms with Crippen molar-refractivity contribution in [3.05, 3.63) is 34.9 Å². The van der Waals surface area contributed by atoms with Crippen LogP contribution in [0.2, 0.25) is 0 Å². The van der Waals surface area contributed by atoms with E-state index in [1.54, 1.807) is 0 Å². The van der Waals surface area contributed by atoms with Crippen LogP contribution in [0, 0.1) is 0 Å². The molecule has 2 fully saturated rings. The molecule has 0 unspecified atom stereocenters. The number of hydrogen-bond donors (Lipinski definition) is 3. The Bertz CT molecular complexity index is 893. The fourth-order valence-corrected chi connectivity index (χ4v) is 4.52. The van der Waals surface area contributed by atoms with Crippen molar-refractivity contribution in [1.82, 2.24) is 25.6 Å². The summed E-state index contributed by atoms with van der Waals surface area (Å²) in [4.78, 5) is 26.2. The molecule has 1 aromatic rings. The normalized spacial score (nSPS) is 21.8. The van der Waals surface area contributed by atoms with Crippen molar-refractivity contribution in [1.29, 1.82) is 0 Å². The van der Waals surface area contributed by atoms with E-state index in [0.717, 1.165) is 30.6 Å². The van der Waals surface area contributed by atoms with E-state index < -0.39 is 42.1 Å². The summed E-state index contributed by atoms with van der Waals surface area (Å²) in [6, 6.07) is 0.955. The van der Waals surface area contributed by atoms with Gasteiger partial charge in [0.05, 0.1) is 11.1 Å². The van der Waals surface area contributed by atoms with Gasteiger partial charge in [0.25, 0.3) is 0 Å². The molecule has 36 heavy (non-hydrogen) atoms. The van der Waals surface area contributed by atoms with E-state index in [1.165, 1.54) is 11.9 Å². The third kappa shape index (κ3) is 7.63. The molecule has 3 N–H and O–H groups in total. The number of benzene rings is 1. The summed E-state index contributed by atoms with van der Waals surface area (Å²) in [7, 11) is 1.34. The number of amides is 3. The van der Waals surface area contributed by atoms with E-state index in [9.17, 15) is 35.9 Å². The minimum Gasteiger partial charge on any atom is -0.465 e. The summed E-state index contributed by atoms with van der Waals surface area (Å²) in [5, 5.41) is 13.3. The quantitative estimate of drug-likeness (QED) is 0.507. The van der Waals surface area contributed by atoms with Crippen LogP contribution in [0.4, 0.5) is 35.9 Å². The molecule has 202 valence electrons. The highest BCUT2D eigenvalue weighted by Crippen LogP contribution is 2.36. The number of hydrazine groups is 1. The van der Waals surface area contributed by atoms with Crippen molar-refractivity contribution >= 4 is 12.1 Å². The van der Waals surface area contributed by atoms with Gasteiger partial charge in [-0.3, -0.25) is 5.43 Å². The number of carbonyl (C=O) groups excluding carboxylic acids is 1. The summed E-state index contributed by atoms with van der Waals surface area (Å²) < 4.78 is 78.6.